The van der Waals surface area contributed by atoms with Crippen LogP contribution in [-0.2, 0) is 9.53 Å². The number of carbonyl (C=O) groups is 1. The van der Waals surface area contributed by atoms with Crippen LogP contribution in [0.25, 0.3) is 0 Å². The summed E-state index contributed by atoms with van der Waals surface area (Å²) in [5, 5.41) is 3.10. The van der Waals surface area contributed by atoms with Crippen LogP contribution in [0.5, 0.6) is 0 Å². The Morgan fingerprint density at radius 3 is 2.79 bits per heavy atom. The van der Waals surface area contributed by atoms with Gasteiger partial charge < -0.3 is 15.0 Å². The molecule has 132 valence electrons. The van der Waals surface area contributed by atoms with Crippen molar-refractivity contribution in [3.8, 4) is 0 Å². The number of nitrogens with zero attached hydrogens (tertiary/aromatic N) is 1. The summed E-state index contributed by atoms with van der Waals surface area (Å²) in [5.74, 6) is 0.755. The molecule has 1 heterocycles. The molecular formula is C20H30N2O2. The van der Waals surface area contributed by atoms with Crippen molar-refractivity contribution in [3.63, 3.8) is 0 Å². The van der Waals surface area contributed by atoms with Crippen molar-refractivity contribution >= 4 is 5.91 Å². The number of amides is 1. The number of hydrogen-bond donors (Lipinski definition) is 1. The van der Waals surface area contributed by atoms with E-state index in [-0.39, 0.29) is 17.4 Å². The van der Waals surface area contributed by atoms with Crippen molar-refractivity contribution in [2.75, 3.05) is 20.2 Å². The van der Waals surface area contributed by atoms with Gasteiger partial charge in [-0.25, -0.2) is 0 Å². The lowest BCUT2D eigenvalue weighted by Gasteiger charge is -2.58. The largest absolute Gasteiger partial charge is 0.377 e. The van der Waals surface area contributed by atoms with Gasteiger partial charge in [0.15, 0.2) is 0 Å². The number of hydrogen-bond acceptors (Lipinski definition) is 3. The maximum Gasteiger partial charge on any atom is 0.221 e. The highest BCUT2D eigenvalue weighted by atomic mass is 16.5. The number of nitrogens with one attached hydrogen (secondary N) is 1. The van der Waals surface area contributed by atoms with Crippen molar-refractivity contribution in [2.45, 2.75) is 51.8 Å². The quantitative estimate of drug-likeness (QED) is 0.872. The fourth-order valence-electron chi connectivity index (χ4n) is 4.75. The van der Waals surface area contributed by atoms with Crippen molar-refractivity contribution in [1.29, 1.82) is 0 Å². The second kappa shape index (κ2) is 6.85. The van der Waals surface area contributed by atoms with E-state index in [1.54, 1.807) is 0 Å². The molecule has 1 aromatic carbocycles. The lowest BCUT2D eigenvalue weighted by atomic mass is 9.57. The van der Waals surface area contributed by atoms with Gasteiger partial charge in [-0.05, 0) is 26.0 Å². The van der Waals surface area contributed by atoms with Crippen LogP contribution in [0, 0.1) is 11.3 Å². The van der Waals surface area contributed by atoms with E-state index >= 15 is 0 Å². The van der Waals surface area contributed by atoms with Gasteiger partial charge in [-0.15, -0.1) is 0 Å². The minimum absolute atomic E-state index is 0.0526. The highest BCUT2D eigenvalue weighted by Gasteiger charge is 2.60. The first-order valence-electron chi connectivity index (χ1n) is 9.07. The Kier molecular flexibility index (Phi) is 4.97. The van der Waals surface area contributed by atoms with E-state index < -0.39 is 0 Å². The maximum absolute atomic E-state index is 12.3. The summed E-state index contributed by atoms with van der Waals surface area (Å²) in [6, 6.07) is 10.7. The summed E-state index contributed by atoms with van der Waals surface area (Å²) in [6.45, 7) is 8.30. The van der Waals surface area contributed by atoms with E-state index in [0.29, 0.717) is 24.5 Å². The average molecular weight is 330 g/mol. The summed E-state index contributed by atoms with van der Waals surface area (Å²) >= 11 is 0. The Balaban J connectivity index is 1.48. The molecule has 1 amide bonds. The van der Waals surface area contributed by atoms with E-state index in [0.717, 1.165) is 25.1 Å². The summed E-state index contributed by atoms with van der Waals surface area (Å²) in [4.78, 5) is 14.7. The third-order valence-electron chi connectivity index (χ3n) is 5.88. The van der Waals surface area contributed by atoms with Gasteiger partial charge >= 0.3 is 0 Å². The van der Waals surface area contributed by atoms with Crippen LogP contribution in [0.1, 0.15) is 45.2 Å². The molecule has 1 N–H and O–H groups in total. The van der Waals surface area contributed by atoms with Crippen LogP contribution in [-0.4, -0.2) is 43.2 Å². The van der Waals surface area contributed by atoms with E-state index in [2.05, 4.69) is 31.1 Å². The molecule has 1 aliphatic heterocycles. The topological polar surface area (TPSA) is 41.6 Å². The number of benzene rings is 1. The van der Waals surface area contributed by atoms with Gasteiger partial charge in [0, 0.05) is 36.9 Å². The van der Waals surface area contributed by atoms with E-state index in [1.807, 2.05) is 37.3 Å². The molecular weight excluding hydrogens is 300 g/mol. The molecule has 2 aliphatic rings. The predicted octanol–water partition coefficient (Wildman–Crippen LogP) is 3.00. The normalized spacial score (nSPS) is 29.0. The van der Waals surface area contributed by atoms with E-state index in [9.17, 15) is 4.79 Å². The van der Waals surface area contributed by atoms with Crippen molar-refractivity contribution in [3.05, 3.63) is 35.9 Å². The van der Waals surface area contributed by atoms with Gasteiger partial charge in [-0.2, -0.15) is 0 Å². The molecule has 0 radical (unpaired) electrons. The molecule has 1 aromatic rings. The third-order valence-corrected chi connectivity index (χ3v) is 5.88. The summed E-state index contributed by atoms with van der Waals surface area (Å²) in [5.41, 5.74) is 1.33. The zero-order chi connectivity index (χ0) is 17.3. The standard InChI is InChI=1S/C20H30N2O2/c1-14(15-8-6-5-7-9-15)21-17(23)10-12-22(4)18-16-11-13-24-19(16)20(18,2)3/h5-9,14,16,18-19H,10-13H2,1-4H3,(H,21,23). The van der Waals surface area contributed by atoms with E-state index in [4.69, 9.17) is 4.74 Å². The first-order valence-corrected chi connectivity index (χ1v) is 9.07. The number of fused-ring (bicyclic) bond motifs is 1. The van der Waals surface area contributed by atoms with E-state index in [1.165, 1.54) is 0 Å². The molecule has 4 heteroatoms. The smallest absolute Gasteiger partial charge is 0.221 e. The van der Waals surface area contributed by atoms with Crippen LogP contribution in [0.15, 0.2) is 30.3 Å². The van der Waals surface area contributed by atoms with Gasteiger partial charge in [-0.3, -0.25) is 4.79 Å². The molecule has 0 aromatic heterocycles. The second-order valence-electron chi connectivity index (χ2n) is 7.94. The number of rotatable bonds is 6. The number of ether oxygens (including phenoxy) is 1. The Bertz CT molecular complexity index is 572. The predicted molar refractivity (Wildman–Crippen MR) is 95.7 cm³/mol. The van der Waals surface area contributed by atoms with Crippen LogP contribution >= 0.6 is 0 Å². The van der Waals surface area contributed by atoms with Crippen molar-refractivity contribution < 1.29 is 9.53 Å². The minimum Gasteiger partial charge on any atom is -0.377 e. The van der Waals surface area contributed by atoms with Crippen LogP contribution in [0.2, 0.25) is 0 Å². The monoisotopic (exact) mass is 330 g/mol. The first-order chi connectivity index (χ1) is 11.4. The second-order valence-corrected chi connectivity index (χ2v) is 7.94. The van der Waals surface area contributed by atoms with Gasteiger partial charge in [0.2, 0.25) is 5.91 Å². The van der Waals surface area contributed by atoms with Crippen LogP contribution < -0.4 is 5.32 Å². The summed E-state index contributed by atoms with van der Waals surface area (Å²) < 4.78 is 5.87. The molecule has 24 heavy (non-hydrogen) atoms. The molecule has 0 spiro atoms. The fraction of sp³-hybridized carbons (Fsp3) is 0.650. The van der Waals surface area contributed by atoms with Crippen LogP contribution in [0.3, 0.4) is 0 Å². The Morgan fingerprint density at radius 2 is 2.08 bits per heavy atom. The van der Waals surface area contributed by atoms with Crippen molar-refractivity contribution in [2.24, 2.45) is 11.3 Å². The highest BCUT2D eigenvalue weighted by molar-refractivity contribution is 5.76. The fourth-order valence-corrected chi connectivity index (χ4v) is 4.75. The van der Waals surface area contributed by atoms with Gasteiger partial charge in [0.1, 0.15) is 0 Å². The zero-order valence-electron chi connectivity index (χ0n) is 15.3. The Morgan fingerprint density at radius 1 is 1.38 bits per heavy atom. The molecule has 4 atom stereocenters. The molecule has 1 aliphatic carbocycles. The average Bonchev–Trinajstić information content (AvgIpc) is 3.00. The molecule has 1 saturated heterocycles. The van der Waals surface area contributed by atoms with Gasteiger partial charge in [-0.1, -0.05) is 44.2 Å². The van der Waals surface area contributed by atoms with Gasteiger partial charge in [0.05, 0.1) is 12.1 Å². The molecule has 3 rings (SSSR count). The first kappa shape index (κ1) is 17.4. The third kappa shape index (κ3) is 3.22. The zero-order valence-corrected chi connectivity index (χ0v) is 15.3. The molecule has 1 saturated carbocycles. The van der Waals surface area contributed by atoms with Crippen molar-refractivity contribution in [1.82, 2.24) is 10.2 Å². The maximum atomic E-state index is 12.3. The highest BCUT2D eigenvalue weighted by Crippen LogP contribution is 2.54. The molecule has 4 nitrogen and oxygen atoms in total. The van der Waals surface area contributed by atoms with Gasteiger partial charge in [0.25, 0.3) is 0 Å². The SMILES string of the molecule is CC(NC(=O)CCN(C)C1C2CCOC2C1(C)C)c1ccccc1. The molecule has 0 bridgehead atoms. The molecule has 4 unspecified atom stereocenters. The Hall–Kier alpha value is -1.39. The summed E-state index contributed by atoms with van der Waals surface area (Å²) in [6.07, 6.45) is 2.09. The number of carbonyl (C=O) groups excluding carboxylic acids is 1. The lowest BCUT2D eigenvalue weighted by Crippen LogP contribution is -2.66. The molecule has 2 fully saturated rings. The summed E-state index contributed by atoms with van der Waals surface area (Å²) in [7, 11) is 2.15. The lowest BCUT2D eigenvalue weighted by molar-refractivity contribution is -0.150. The minimum atomic E-state index is 0.0526. The van der Waals surface area contributed by atoms with Crippen LogP contribution in [0.4, 0.5) is 0 Å². The Labute approximate surface area is 145 Å².